The molecule has 0 bridgehead atoms. The molecule has 0 saturated heterocycles. The summed E-state index contributed by atoms with van der Waals surface area (Å²) < 4.78 is 2.30. The van der Waals surface area contributed by atoms with Gasteiger partial charge in [0.25, 0.3) is 0 Å². The zero-order valence-corrected chi connectivity index (χ0v) is 16.3. The van der Waals surface area contributed by atoms with Gasteiger partial charge in [-0.15, -0.1) is 0 Å². The van der Waals surface area contributed by atoms with Gasteiger partial charge < -0.3 is 15.4 Å². The number of nitrogens with zero attached hydrogens (tertiary/aromatic N) is 1. The maximum Gasteiger partial charge on any atom is 0.0608 e. The molecule has 0 aliphatic rings. The molecule has 0 radical (unpaired) electrons. The Bertz CT molecular complexity index is 685. The number of aliphatic hydroxyl groups is 1. The third kappa shape index (κ3) is 5.72. The Morgan fingerprint density at radius 2 is 1.60 bits per heavy atom. The van der Waals surface area contributed by atoms with Gasteiger partial charge in [-0.25, -0.2) is 0 Å². The molecular weight excluding hydrogens is 308 g/mol. The average molecular weight is 343 g/mol. The first kappa shape index (κ1) is 19.7. The fraction of sp³-hybridized carbons (Fsp3) is 0.545. The van der Waals surface area contributed by atoms with Crippen LogP contribution in [0.4, 0.5) is 0 Å². The third-order valence-corrected chi connectivity index (χ3v) is 5.36. The molecule has 0 fully saturated rings. The summed E-state index contributed by atoms with van der Waals surface area (Å²) in [4.78, 5) is 0. The third-order valence-electron chi connectivity index (χ3n) is 5.36. The van der Waals surface area contributed by atoms with E-state index in [-0.39, 0.29) is 6.61 Å². The van der Waals surface area contributed by atoms with Crippen molar-refractivity contribution in [1.82, 2.24) is 4.57 Å². The number of nitrogens with two attached hydrogens (primary N) is 1. The topological polar surface area (TPSA) is 51.2 Å². The van der Waals surface area contributed by atoms with Gasteiger partial charge in [-0.1, -0.05) is 18.2 Å². The van der Waals surface area contributed by atoms with E-state index in [9.17, 15) is 5.11 Å². The first-order chi connectivity index (χ1) is 11.8. The minimum Gasteiger partial charge on any atom is -0.394 e. The fourth-order valence-electron chi connectivity index (χ4n) is 3.19. The summed E-state index contributed by atoms with van der Waals surface area (Å²) in [5.74, 6) is 0. The number of aromatic nitrogens is 1. The molecule has 1 heterocycles. The normalized spacial score (nSPS) is 13.8. The minimum absolute atomic E-state index is 0.0305. The Hall–Kier alpha value is -1.58. The van der Waals surface area contributed by atoms with Crippen molar-refractivity contribution in [3.05, 3.63) is 58.4 Å². The van der Waals surface area contributed by atoms with Gasteiger partial charge in [0.15, 0.2) is 0 Å². The van der Waals surface area contributed by atoms with Crippen LogP contribution in [-0.2, 0) is 26.3 Å². The van der Waals surface area contributed by atoms with Gasteiger partial charge in [0.2, 0.25) is 0 Å². The number of hydrogen-bond acceptors (Lipinski definition) is 2. The van der Waals surface area contributed by atoms with E-state index in [4.69, 9.17) is 5.73 Å². The fourth-order valence-corrected chi connectivity index (χ4v) is 3.19. The molecule has 138 valence electrons. The van der Waals surface area contributed by atoms with Gasteiger partial charge >= 0.3 is 0 Å². The van der Waals surface area contributed by atoms with E-state index in [1.54, 1.807) is 0 Å². The predicted molar refractivity (Wildman–Crippen MR) is 106 cm³/mol. The quantitative estimate of drug-likeness (QED) is 0.680. The summed E-state index contributed by atoms with van der Waals surface area (Å²) in [5.41, 5.74) is 12.4. The highest BCUT2D eigenvalue weighted by molar-refractivity contribution is 5.29. The molecule has 1 atom stereocenters. The molecule has 3 nitrogen and oxygen atoms in total. The van der Waals surface area contributed by atoms with Crippen LogP contribution in [-0.4, -0.2) is 21.8 Å². The van der Waals surface area contributed by atoms with Crippen molar-refractivity contribution in [1.29, 1.82) is 0 Å². The summed E-state index contributed by atoms with van der Waals surface area (Å²) in [7, 11) is 2.14. The lowest BCUT2D eigenvalue weighted by molar-refractivity contribution is 0.200. The van der Waals surface area contributed by atoms with E-state index in [1.807, 2.05) is 6.92 Å². The lowest BCUT2D eigenvalue weighted by atomic mass is 9.97. The lowest BCUT2D eigenvalue weighted by Gasteiger charge is -2.21. The first-order valence-corrected chi connectivity index (χ1v) is 9.42. The van der Waals surface area contributed by atoms with Gasteiger partial charge in [0.05, 0.1) is 6.61 Å². The molecule has 0 saturated carbocycles. The largest absolute Gasteiger partial charge is 0.394 e. The molecule has 2 aromatic rings. The van der Waals surface area contributed by atoms with Crippen LogP contribution in [0.1, 0.15) is 54.3 Å². The second-order valence-electron chi connectivity index (χ2n) is 7.81. The van der Waals surface area contributed by atoms with Crippen molar-refractivity contribution in [2.45, 2.75) is 64.8 Å². The minimum atomic E-state index is -0.489. The van der Waals surface area contributed by atoms with Crippen LogP contribution in [0.3, 0.4) is 0 Å². The van der Waals surface area contributed by atoms with Crippen molar-refractivity contribution in [3.8, 4) is 0 Å². The second-order valence-corrected chi connectivity index (χ2v) is 7.81. The highest BCUT2D eigenvalue weighted by atomic mass is 16.3. The van der Waals surface area contributed by atoms with Crippen LogP contribution in [0.15, 0.2) is 30.3 Å². The van der Waals surface area contributed by atoms with Crippen molar-refractivity contribution in [2.24, 2.45) is 12.8 Å². The summed E-state index contributed by atoms with van der Waals surface area (Å²) in [6, 6.07) is 11.2. The van der Waals surface area contributed by atoms with Gasteiger partial charge in [-0.3, -0.25) is 0 Å². The summed E-state index contributed by atoms with van der Waals surface area (Å²) >= 11 is 0. The van der Waals surface area contributed by atoms with Gasteiger partial charge in [-0.05, 0) is 88.1 Å². The van der Waals surface area contributed by atoms with Crippen molar-refractivity contribution < 1.29 is 5.11 Å². The van der Waals surface area contributed by atoms with Crippen LogP contribution < -0.4 is 5.73 Å². The molecule has 0 aliphatic carbocycles. The molecule has 1 unspecified atom stereocenters. The maximum absolute atomic E-state index is 9.28. The molecule has 3 N–H and O–H groups in total. The van der Waals surface area contributed by atoms with Crippen molar-refractivity contribution >= 4 is 0 Å². The van der Waals surface area contributed by atoms with Crippen molar-refractivity contribution in [2.75, 3.05) is 6.61 Å². The van der Waals surface area contributed by atoms with Crippen molar-refractivity contribution in [3.63, 3.8) is 0 Å². The molecule has 25 heavy (non-hydrogen) atoms. The van der Waals surface area contributed by atoms with E-state index in [1.165, 1.54) is 40.9 Å². The Balaban J connectivity index is 1.80. The predicted octanol–water partition coefficient (Wildman–Crippen LogP) is 3.85. The smallest absolute Gasteiger partial charge is 0.0608 e. The van der Waals surface area contributed by atoms with E-state index < -0.39 is 5.54 Å². The molecule has 1 aromatic heterocycles. The maximum atomic E-state index is 9.28. The number of benzene rings is 1. The van der Waals surface area contributed by atoms with E-state index in [0.29, 0.717) is 0 Å². The number of hydrogen-bond donors (Lipinski definition) is 2. The first-order valence-electron chi connectivity index (χ1n) is 9.42. The SMILES string of the molecule is Cc1ccc(CCCCc2ccc(CCC(C)(N)CO)n2C)cc1C. The zero-order chi connectivity index (χ0) is 18.4. The Labute approximate surface area is 152 Å². The Morgan fingerprint density at radius 3 is 2.24 bits per heavy atom. The Morgan fingerprint density at radius 1 is 0.960 bits per heavy atom. The number of rotatable bonds is 9. The van der Waals surface area contributed by atoms with E-state index in [0.717, 1.165) is 25.7 Å². The second kappa shape index (κ2) is 8.68. The molecule has 0 spiro atoms. The van der Waals surface area contributed by atoms with Crippen LogP contribution in [0.2, 0.25) is 0 Å². The summed E-state index contributed by atoms with van der Waals surface area (Å²) in [6.45, 7) is 6.29. The molecule has 2 rings (SSSR count). The van der Waals surface area contributed by atoms with Crippen LogP contribution in [0.5, 0.6) is 0 Å². The number of aryl methyl sites for hydroxylation is 5. The van der Waals surface area contributed by atoms with Crippen LogP contribution in [0.25, 0.3) is 0 Å². The van der Waals surface area contributed by atoms with E-state index in [2.05, 4.69) is 55.8 Å². The lowest BCUT2D eigenvalue weighted by Crippen LogP contribution is -2.40. The molecule has 0 aliphatic heterocycles. The summed E-state index contributed by atoms with van der Waals surface area (Å²) in [5, 5.41) is 9.28. The highest BCUT2D eigenvalue weighted by Gasteiger charge is 2.17. The van der Waals surface area contributed by atoms with Gasteiger partial charge in [0.1, 0.15) is 0 Å². The highest BCUT2D eigenvalue weighted by Crippen LogP contribution is 2.17. The monoisotopic (exact) mass is 342 g/mol. The van der Waals surface area contributed by atoms with E-state index >= 15 is 0 Å². The molecule has 1 aromatic carbocycles. The standard InChI is InChI=1S/C22H34N2O/c1-17-9-10-19(15-18(17)2)7-5-6-8-20-11-12-21(24(20)4)13-14-22(3,23)16-25/h9-12,15,25H,5-8,13-14,16,23H2,1-4H3. The summed E-state index contributed by atoms with van der Waals surface area (Å²) in [6.07, 6.45) is 6.39. The zero-order valence-electron chi connectivity index (χ0n) is 16.3. The number of aliphatic hydroxyl groups excluding tert-OH is 1. The molecule has 0 amide bonds. The molecular formula is C22H34N2O. The van der Waals surface area contributed by atoms with Gasteiger partial charge in [0, 0.05) is 24.0 Å². The van der Waals surface area contributed by atoms with Gasteiger partial charge in [-0.2, -0.15) is 0 Å². The molecule has 3 heteroatoms. The Kier molecular flexibility index (Phi) is 6.86. The van der Waals surface area contributed by atoms with Crippen LogP contribution >= 0.6 is 0 Å². The number of unbranched alkanes of at least 4 members (excludes halogenated alkanes) is 1. The van der Waals surface area contributed by atoms with Crippen LogP contribution in [0, 0.1) is 13.8 Å². The average Bonchev–Trinajstić information content (AvgIpc) is 2.93.